The van der Waals surface area contributed by atoms with Crippen LogP contribution in [0.3, 0.4) is 0 Å². The van der Waals surface area contributed by atoms with Gasteiger partial charge in [-0.1, -0.05) is 11.6 Å². The molecule has 0 heterocycles. The van der Waals surface area contributed by atoms with E-state index in [4.69, 9.17) is 17.3 Å². The molecule has 0 saturated carbocycles. The largest absolute Gasteiger partial charge is 0.395 e. The number of hydrogen-bond acceptors (Lipinski definition) is 3. The van der Waals surface area contributed by atoms with E-state index in [2.05, 4.69) is 0 Å². The van der Waals surface area contributed by atoms with Crippen molar-refractivity contribution < 1.29 is 9.59 Å². The van der Waals surface area contributed by atoms with E-state index in [1.807, 2.05) is 0 Å². The van der Waals surface area contributed by atoms with Crippen molar-refractivity contribution in [2.75, 3.05) is 0 Å². The molecule has 1 aliphatic carbocycles. The third kappa shape index (κ3) is 1.09. The maximum absolute atomic E-state index is 10.6. The van der Waals surface area contributed by atoms with Crippen LogP contribution in [0.1, 0.15) is 0 Å². The molecule has 3 nitrogen and oxygen atoms in total. The molecule has 4 heteroatoms. The Labute approximate surface area is 62.1 Å². The average Bonchev–Trinajstić information content (AvgIpc) is 1.84. The molecule has 0 bridgehead atoms. The lowest BCUT2D eigenvalue weighted by atomic mass is 10.1. The zero-order chi connectivity index (χ0) is 7.72. The minimum Gasteiger partial charge on any atom is -0.395 e. The van der Waals surface area contributed by atoms with Crippen molar-refractivity contribution in [1.29, 1.82) is 0 Å². The van der Waals surface area contributed by atoms with Crippen LogP contribution in [-0.4, -0.2) is 11.6 Å². The van der Waals surface area contributed by atoms with Crippen molar-refractivity contribution >= 4 is 23.2 Å². The van der Waals surface area contributed by atoms with Gasteiger partial charge >= 0.3 is 0 Å². The Bertz CT molecular complexity index is 237. The summed E-state index contributed by atoms with van der Waals surface area (Å²) in [7, 11) is 0. The quantitative estimate of drug-likeness (QED) is 0.508. The van der Waals surface area contributed by atoms with Gasteiger partial charge in [0.05, 0.1) is 10.7 Å². The second-order valence-electron chi connectivity index (χ2n) is 1.82. The van der Waals surface area contributed by atoms with Crippen LogP contribution in [0, 0.1) is 0 Å². The Hall–Kier alpha value is -1.09. The van der Waals surface area contributed by atoms with E-state index in [1.165, 1.54) is 0 Å². The second kappa shape index (κ2) is 2.27. The summed E-state index contributed by atoms with van der Waals surface area (Å²) < 4.78 is 0. The highest BCUT2D eigenvalue weighted by molar-refractivity contribution is 6.47. The van der Waals surface area contributed by atoms with Crippen LogP contribution in [-0.2, 0) is 9.59 Å². The van der Waals surface area contributed by atoms with Gasteiger partial charge in [-0.25, -0.2) is 0 Å². The molecular weight excluding hydrogens is 154 g/mol. The molecule has 0 unspecified atom stereocenters. The Morgan fingerprint density at radius 1 is 1.20 bits per heavy atom. The van der Waals surface area contributed by atoms with Crippen molar-refractivity contribution in [1.82, 2.24) is 0 Å². The molecule has 52 valence electrons. The summed E-state index contributed by atoms with van der Waals surface area (Å²) >= 11 is 5.32. The third-order valence-electron chi connectivity index (χ3n) is 1.06. The highest BCUT2D eigenvalue weighted by Gasteiger charge is 2.15. The van der Waals surface area contributed by atoms with Crippen LogP contribution in [0.2, 0.25) is 0 Å². The Balaban J connectivity index is 3.03. The molecule has 0 aromatic carbocycles. The zero-order valence-electron chi connectivity index (χ0n) is 4.93. The van der Waals surface area contributed by atoms with Crippen LogP contribution >= 0.6 is 11.6 Å². The molecule has 0 aliphatic heterocycles. The van der Waals surface area contributed by atoms with Crippen LogP contribution in [0.5, 0.6) is 0 Å². The second-order valence-corrected chi connectivity index (χ2v) is 2.23. The van der Waals surface area contributed by atoms with Gasteiger partial charge in [0.1, 0.15) is 0 Å². The smallest absolute Gasteiger partial charge is 0.203 e. The van der Waals surface area contributed by atoms with Gasteiger partial charge in [-0.3, -0.25) is 9.59 Å². The lowest BCUT2D eigenvalue weighted by Gasteiger charge is -2.01. The van der Waals surface area contributed by atoms with Gasteiger partial charge in [-0.15, -0.1) is 0 Å². The molecule has 0 saturated heterocycles. The molecule has 0 atom stereocenters. The Morgan fingerprint density at radius 2 is 1.80 bits per heavy atom. The van der Waals surface area contributed by atoms with Gasteiger partial charge in [0.2, 0.25) is 5.78 Å². The van der Waals surface area contributed by atoms with E-state index in [0.29, 0.717) is 0 Å². The van der Waals surface area contributed by atoms with Crippen LogP contribution < -0.4 is 5.73 Å². The predicted octanol–water partition coefficient (Wildman–Crippen LogP) is 0.104. The van der Waals surface area contributed by atoms with Gasteiger partial charge in [0.25, 0.3) is 0 Å². The topological polar surface area (TPSA) is 60.2 Å². The molecule has 0 aromatic heterocycles. The lowest BCUT2D eigenvalue weighted by Crippen LogP contribution is -2.16. The first-order chi connectivity index (χ1) is 4.61. The van der Waals surface area contributed by atoms with E-state index >= 15 is 0 Å². The number of rotatable bonds is 0. The lowest BCUT2D eigenvalue weighted by molar-refractivity contribution is -0.114. The molecule has 1 aliphatic rings. The number of carbonyl (C=O) groups excluding carboxylic acids is 2. The summed E-state index contributed by atoms with van der Waals surface area (Å²) in [5.41, 5.74) is 5.06. The number of halogens is 1. The SMILES string of the molecule is NC1=CC(=O)C(Cl)=CC1=O. The minimum atomic E-state index is -0.418. The summed E-state index contributed by atoms with van der Waals surface area (Å²) in [4.78, 5) is 21.3. The highest BCUT2D eigenvalue weighted by atomic mass is 35.5. The first-order valence-electron chi connectivity index (χ1n) is 2.54. The molecule has 2 N–H and O–H groups in total. The fourth-order valence-corrected chi connectivity index (χ4v) is 0.705. The molecule has 0 spiro atoms. The molecule has 0 fully saturated rings. The van der Waals surface area contributed by atoms with E-state index in [0.717, 1.165) is 12.2 Å². The maximum Gasteiger partial charge on any atom is 0.203 e. The van der Waals surface area contributed by atoms with E-state index < -0.39 is 11.6 Å². The van der Waals surface area contributed by atoms with Crippen molar-refractivity contribution in [3.63, 3.8) is 0 Å². The van der Waals surface area contributed by atoms with E-state index in [1.54, 1.807) is 0 Å². The minimum absolute atomic E-state index is 0.0607. The summed E-state index contributed by atoms with van der Waals surface area (Å²) in [5.74, 6) is -0.830. The summed E-state index contributed by atoms with van der Waals surface area (Å²) in [6, 6.07) is 0. The van der Waals surface area contributed by atoms with Crippen molar-refractivity contribution in [2.45, 2.75) is 0 Å². The van der Waals surface area contributed by atoms with E-state index in [9.17, 15) is 9.59 Å². The van der Waals surface area contributed by atoms with Crippen molar-refractivity contribution in [3.8, 4) is 0 Å². The van der Waals surface area contributed by atoms with E-state index in [-0.39, 0.29) is 10.7 Å². The highest BCUT2D eigenvalue weighted by Crippen LogP contribution is 2.11. The van der Waals surface area contributed by atoms with Crippen LogP contribution in [0.4, 0.5) is 0 Å². The summed E-state index contributed by atoms with van der Waals surface area (Å²) in [6.07, 6.45) is 2.03. The van der Waals surface area contributed by atoms with Crippen LogP contribution in [0.25, 0.3) is 0 Å². The van der Waals surface area contributed by atoms with Crippen molar-refractivity contribution in [2.24, 2.45) is 5.73 Å². The van der Waals surface area contributed by atoms with Crippen LogP contribution in [0.15, 0.2) is 22.9 Å². The normalized spacial score (nSPS) is 18.5. The molecule has 0 aromatic rings. The first kappa shape index (κ1) is 7.02. The number of carbonyl (C=O) groups is 2. The fraction of sp³-hybridized carbons (Fsp3) is 0. The first-order valence-corrected chi connectivity index (χ1v) is 2.92. The fourth-order valence-electron chi connectivity index (χ4n) is 0.551. The molecule has 0 amide bonds. The maximum atomic E-state index is 10.6. The molecule has 1 rings (SSSR count). The number of nitrogens with two attached hydrogens (primary N) is 1. The zero-order valence-corrected chi connectivity index (χ0v) is 5.68. The van der Waals surface area contributed by atoms with Gasteiger partial charge in [0.15, 0.2) is 5.78 Å². The summed E-state index contributed by atoms with van der Waals surface area (Å²) in [6.45, 7) is 0. The number of hydrogen-bond donors (Lipinski definition) is 1. The molecule has 0 radical (unpaired) electrons. The average molecular weight is 158 g/mol. The van der Waals surface area contributed by atoms with Gasteiger partial charge in [0, 0.05) is 12.2 Å². The van der Waals surface area contributed by atoms with Gasteiger partial charge < -0.3 is 5.73 Å². The molecular formula is C6H4ClNO2. The predicted molar refractivity (Wildman–Crippen MR) is 36.2 cm³/mol. The van der Waals surface area contributed by atoms with Gasteiger partial charge in [-0.2, -0.15) is 0 Å². The number of ketones is 2. The Kier molecular flexibility index (Phi) is 1.59. The van der Waals surface area contributed by atoms with Gasteiger partial charge in [-0.05, 0) is 0 Å². The molecule has 10 heavy (non-hydrogen) atoms. The monoisotopic (exact) mass is 157 g/mol. The third-order valence-corrected chi connectivity index (χ3v) is 1.36. The number of allylic oxidation sites excluding steroid dienone is 3. The van der Waals surface area contributed by atoms with Crippen molar-refractivity contribution in [3.05, 3.63) is 22.9 Å². The standard InChI is InChI=1S/C6H4ClNO2/c7-3-1-6(10)4(8)2-5(3)9/h1-2H,8H2. The Morgan fingerprint density at radius 3 is 2.30 bits per heavy atom. The summed E-state index contributed by atoms with van der Waals surface area (Å²) in [5, 5.41) is -0.0841.